The second-order valence-corrected chi connectivity index (χ2v) is 7.15. The van der Waals surface area contributed by atoms with Crippen molar-refractivity contribution in [2.45, 2.75) is 33.2 Å². The molecule has 0 aliphatic rings. The molecule has 0 unspecified atom stereocenters. The Kier molecular flexibility index (Phi) is 6.34. The molecule has 130 valence electrons. The number of hydrogen-bond donors (Lipinski definition) is 2. The second kappa shape index (κ2) is 8.26. The lowest BCUT2D eigenvalue weighted by atomic mass is 10.0. The maximum absolute atomic E-state index is 12.5. The van der Waals surface area contributed by atoms with Crippen molar-refractivity contribution < 1.29 is 14.6 Å². The standard InChI is InChI=1S/C18H24N2O3S/c1-11(2)8-14(10-21)20-17(22)16-12(3)19-18(24-16)13-6-5-7-15(9-13)23-4/h5-7,9,11,14,21H,8,10H2,1-4H3,(H,20,22)/t14-/m0/s1. The van der Waals surface area contributed by atoms with E-state index in [0.29, 0.717) is 16.5 Å². The van der Waals surface area contributed by atoms with Crippen LogP contribution in [0.15, 0.2) is 24.3 Å². The number of benzene rings is 1. The minimum Gasteiger partial charge on any atom is -0.497 e. The van der Waals surface area contributed by atoms with Gasteiger partial charge in [0.2, 0.25) is 0 Å². The van der Waals surface area contributed by atoms with E-state index in [4.69, 9.17) is 4.74 Å². The molecule has 6 heteroatoms. The molecule has 0 spiro atoms. The lowest BCUT2D eigenvalue weighted by Crippen LogP contribution is -2.38. The average molecular weight is 348 g/mol. The van der Waals surface area contributed by atoms with E-state index in [1.807, 2.05) is 31.2 Å². The SMILES string of the molecule is COc1cccc(-c2nc(C)c(C(=O)N[C@H](CO)CC(C)C)s2)c1. The molecule has 1 atom stereocenters. The topological polar surface area (TPSA) is 71.5 Å². The van der Waals surface area contributed by atoms with E-state index in [9.17, 15) is 9.90 Å². The fourth-order valence-electron chi connectivity index (χ4n) is 2.49. The van der Waals surface area contributed by atoms with Crippen LogP contribution in [0.3, 0.4) is 0 Å². The Morgan fingerprint density at radius 3 is 2.79 bits per heavy atom. The first-order valence-electron chi connectivity index (χ1n) is 7.98. The molecule has 2 rings (SSSR count). The van der Waals surface area contributed by atoms with Crippen molar-refractivity contribution in [3.8, 4) is 16.3 Å². The summed E-state index contributed by atoms with van der Waals surface area (Å²) in [5, 5.41) is 13.1. The molecule has 0 aliphatic heterocycles. The normalized spacial score (nSPS) is 12.2. The van der Waals surface area contributed by atoms with Gasteiger partial charge in [-0.2, -0.15) is 0 Å². The average Bonchev–Trinajstić information content (AvgIpc) is 2.95. The van der Waals surface area contributed by atoms with Crippen LogP contribution < -0.4 is 10.1 Å². The van der Waals surface area contributed by atoms with Crippen LogP contribution in [0.25, 0.3) is 10.6 Å². The lowest BCUT2D eigenvalue weighted by molar-refractivity contribution is 0.0911. The number of nitrogens with zero attached hydrogens (tertiary/aromatic N) is 1. The Labute approximate surface area is 146 Å². The summed E-state index contributed by atoms with van der Waals surface area (Å²) < 4.78 is 5.23. The van der Waals surface area contributed by atoms with Gasteiger partial charge in [0.25, 0.3) is 5.91 Å². The summed E-state index contributed by atoms with van der Waals surface area (Å²) in [6.07, 6.45) is 0.739. The Morgan fingerprint density at radius 1 is 1.42 bits per heavy atom. The summed E-state index contributed by atoms with van der Waals surface area (Å²) in [6, 6.07) is 7.37. The molecule has 1 heterocycles. The molecule has 0 bridgehead atoms. The van der Waals surface area contributed by atoms with Crippen LogP contribution in [0, 0.1) is 12.8 Å². The highest BCUT2D eigenvalue weighted by atomic mass is 32.1. The van der Waals surface area contributed by atoms with E-state index in [1.54, 1.807) is 7.11 Å². The minimum absolute atomic E-state index is 0.0650. The molecule has 0 radical (unpaired) electrons. The molecule has 1 aromatic carbocycles. The molecule has 0 saturated carbocycles. The summed E-state index contributed by atoms with van der Waals surface area (Å²) in [7, 11) is 1.62. The molecule has 0 aliphatic carbocycles. The summed E-state index contributed by atoms with van der Waals surface area (Å²) in [4.78, 5) is 17.6. The third kappa shape index (κ3) is 4.55. The van der Waals surface area contributed by atoms with E-state index in [2.05, 4.69) is 24.1 Å². The smallest absolute Gasteiger partial charge is 0.263 e. The van der Waals surface area contributed by atoms with Crippen LogP contribution in [0.2, 0.25) is 0 Å². The molecule has 2 N–H and O–H groups in total. The number of aliphatic hydroxyl groups is 1. The number of methoxy groups -OCH3 is 1. The van der Waals surface area contributed by atoms with Gasteiger partial charge in [0.1, 0.15) is 15.6 Å². The van der Waals surface area contributed by atoms with Crippen molar-refractivity contribution >= 4 is 17.2 Å². The highest BCUT2D eigenvalue weighted by Crippen LogP contribution is 2.30. The molecular weight excluding hydrogens is 324 g/mol. The van der Waals surface area contributed by atoms with Crippen molar-refractivity contribution in [1.29, 1.82) is 0 Å². The Balaban J connectivity index is 2.19. The monoisotopic (exact) mass is 348 g/mol. The predicted octanol–water partition coefficient (Wildman–Crippen LogP) is 3.26. The highest BCUT2D eigenvalue weighted by molar-refractivity contribution is 7.17. The van der Waals surface area contributed by atoms with E-state index in [-0.39, 0.29) is 18.6 Å². The zero-order chi connectivity index (χ0) is 17.7. The zero-order valence-electron chi connectivity index (χ0n) is 14.5. The van der Waals surface area contributed by atoms with Crippen molar-refractivity contribution in [3.63, 3.8) is 0 Å². The van der Waals surface area contributed by atoms with Crippen LogP contribution in [0.5, 0.6) is 5.75 Å². The fraction of sp³-hybridized carbons (Fsp3) is 0.444. The first kappa shape index (κ1) is 18.4. The van der Waals surface area contributed by atoms with E-state index >= 15 is 0 Å². The minimum atomic E-state index is -0.237. The molecule has 2 aromatic rings. The first-order valence-corrected chi connectivity index (χ1v) is 8.79. The van der Waals surface area contributed by atoms with E-state index in [0.717, 1.165) is 22.7 Å². The van der Waals surface area contributed by atoms with Gasteiger partial charge in [-0.3, -0.25) is 4.79 Å². The number of hydrogen-bond acceptors (Lipinski definition) is 5. The quantitative estimate of drug-likeness (QED) is 0.806. The summed E-state index contributed by atoms with van der Waals surface area (Å²) in [5.74, 6) is 0.972. The third-order valence-electron chi connectivity index (χ3n) is 3.63. The number of carbonyl (C=O) groups excluding carboxylic acids is 1. The third-order valence-corrected chi connectivity index (χ3v) is 4.84. The lowest BCUT2D eigenvalue weighted by Gasteiger charge is -2.17. The van der Waals surface area contributed by atoms with Gasteiger partial charge >= 0.3 is 0 Å². The number of thiazole rings is 1. The van der Waals surface area contributed by atoms with Crippen LogP contribution in [0.4, 0.5) is 0 Å². The van der Waals surface area contributed by atoms with Crippen molar-refractivity contribution in [2.24, 2.45) is 5.92 Å². The van der Waals surface area contributed by atoms with Gasteiger partial charge < -0.3 is 15.2 Å². The number of aromatic nitrogens is 1. The van der Waals surface area contributed by atoms with Crippen LogP contribution in [-0.4, -0.2) is 35.8 Å². The number of ether oxygens (including phenoxy) is 1. The zero-order valence-corrected chi connectivity index (χ0v) is 15.3. The molecule has 24 heavy (non-hydrogen) atoms. The Bertz CT molecular complexity index is 697. The van der Waals surface area contributed by atoms with Crippen molar-refractivity contribution in [3.05, 3.63) is 34.8 Å². The largest absolute Gasteiger partial charge is 0.497 e. The maximum atomic E-state index is 12.5. The summed E-state index contributed by atoms with van der Waals surface area (Å²) in [6.45, 7) is 5.89. The summed E-state index contributed by atoms with van der Waals surface area (Å²) >= 11 is 1.35. The number of rotatable bonds is 7. The van der Waals surface area contributed by atoms with Crippen LogP contribution >= 0.6 is 11.3 Å². The molecule has 0 fully saturated rings. The number of nitrogens with one attached hydrogen (secondary N) is 1. The number of amides is 1. The van der Waals surface area contributed by atoms with Crippen LogP contribution in [0.1, 0.15) is 35.6 Å². The highest BCUT2D eigenvalue weighted by Gasteiger charge is 2.20. The van der Waals surface area contributed by atoms with Crippen molar-refractivity contribution in [2.75, 3.05) is 13.7 Å². The number of aryl methyl sites for hydroxylation is 1. The van der Waals surface area contributed by atoms with Crippen molar-refractivity contribution in [1.82, 2.24) is 10.3 Å². The fourth-order valence-corrected chi connectivity index (χ4v) is 3.45. The van der Waals surface area contributed by atoms with Crippen LogP contribution in [-0.2, 0) is 0 Å². The van der Waals surface area contributed by atoms with Gasteiger partial charge in [0, 0.05) is 5.56 Å². The van der Waals surface area contributed by atoms with Gasteiger partial charge in [0.05, 0.1) is 25.5 Å². The van der Waals surface area contributed by atoms with Gasteiger partial charge in [-0.25, -0.2) is 4.98 Å². The van der Waals surface area contributed by atoms with Gasteiger partial charge in [-0.1, -0.05) is 26.0 Å². The Morgan fingerprint density at radius 2 is 2.17 bits per heavy atom. The Hall–Kier alpha value is -1.92. The van der Waals surface area contributed by atoms with Gasteiger partial charge in [0.15, 0.2) is 0 Å². The molecule has 5 nitrogen and oxygen atoms in total. The molecule has 1 aromatic heterocycles. The number of aliphatic hydroxyl groups excluding tert-OH is 1. The second-order valence-electron chi connectivity index (χ2n) is 6.15. The van der Waals surface area contributed by atoms with E-state index < -0.39 is 0 Å². The molecular formula is C18H24N2O3S. The number of carbonyl (C=O) groups is 1. The summed E-state index contributed by atoms with van der Waals surface area (Å²) in [5.41, 5.74) is 1.61. The maximum Gasteiger partial charge on any atom is 0.263 e. The molecule has 0 saturated heterocycles. The first-order chi connectivity index (χ1) is 11.4. The van der Waals surface area contributed by atoms with E-state index in [1.165, 1.54) is 11.3 Å². The van der Waals surface area contributed by atoms with Gasteiger partial charge in [-0.15, -0.1) is 11.3 Å². The van der Waals surface area contributed by atoms with Gasteiger partial charge in [-0.05, 0) is 31.4 Å². The molecule has 1 amide bonds. The predicted molar refractivity (Wildman–Crippen MR) is 96.6 cm³/mol.